The summed E-state index contributed by atoms with van der Waals surface area (Å²) in [5.41, 5.74) is 0. The second kappa shape index (κ2) is 8.81. The third-order valence-electron chi connectivity index (χ3n) is 7.17. The molecule has 136 valence electrons. The van der Waals surface area contributed by atoms with Crippen LogP contribution in [0.5, 0.6) is 0 Å². The van der Waals surface area contributed by atoms with E-state index in [2.05, 4.69) is 20.8 Å². The number of alkyl halides is 2. The molecule has 0 nitrogen and oxygen atoms in total. The third-order valence-corrected chi connectivity index (χ3v) is 7.17. The van der Waals surface area contributed by atoms with Crippen LogP contribution in [-0.2, 0) is 0 Å². The van der Waals surface area contributed by atoms with Gasteiger partial charge in [-0.25, -0.2) is 8.78 Å². The van der Waals surface area contributed by atoms with Crippen LogP contribution in [-0.4, -0.2) is 12.3 Å². The van der Waals surface area contributed by atoms with Crippen molar-refractivity contribution in [2.75, 3.05) is 0 Å². The Balaban J connectivity index is 1.83. The molecule has 0 N–H and O–H groups in total. The summed E-state index contributed by atoms with van der Waals surface area (Å²) in [6.07, 6.45) is 7.85. The largest absolute Gasteiger partial charge is 0.247 e. The maximum absolute atomic E-state index is 14.8. The minimum Gasteiger partial charge on any atom is -0.247 e. The maximum atomic E-state index is 14.8. The summed E-state index contributed by atoms with van der Waals surface area (Å²) in [6, 6.07) is 0. The average molecular weight is 329 g/mol. The van der Waals surface area contributed by atoms with Crippen molar-refractivity contribution in [2.24, 2.45) is 35.5 Å². The van der Waals surface area contributed by atoms with E-state index in [4.69, 9.17) is 0 Å². The molecule has 0 aliphatic heterocycles. The van der Waals surface area contributed by atoms with Crippen molar-refractivity contribution in [1.29, 1.82) is 0 Å². The lowest BCUT2D eigenvalue weighted by molar-refractivity contribution is 0.0280. The van der Waals surface area contributed by atoms with Gasteiger partial charge in [0.05, 0.1) is 0 Å². The Kier molecular flexibility index (Phi) is 7.35. The van der Waals surface area contributed by atoms with Crippen molar-refractivity contribution in [3.63, 3.8) is 0 Å². The standard InChI is InChI=1S/C21H38F2/c1-5-14(2)12-20(22)16(4)18-10-11-19(21(23)13-18)17-8-6-15(3)7-9-17/h14-21H,5-13H2,1-4H3. The summed E-state index contributed by atoms with van der Waals surface area (Å²) >= 11 is 0. The molecule has 2 rings (SSSR count). The van der Waals surface area contributed by atoms with Crippen LogP contribution >= 0.6 is 0 Å². The molecule has 6 atom stereocenters. The second-order valence-corrected chi connectivity index (χ2v) is 8.90. The van der Waals surface area contributed by atoms with Gasteiger partial charge in [0, 0.05) is 0 Å². The zero-order valence-corrected chi connectivity index (χ0v) is 15.7. The fourth-order valence-corrected chi connectivity index (χ4v) is 4.95. The van der Waals surface area contributed by atoms with Crippen molar-refractivity contribution in [3.8, 4) is 0 Å². The molecule has 0 bridgehead atoms. The molecule has 2 fully saturated rings. The Hall–Kier alpha value is -0.140. The highest BCUT2D eigenvalue weighted by Gasteiger charge is 2.39. The van der Waals surface area contributed by atoms with E-state index < -0.39 is 12.3 Å². The Morgan fingerprint density at radius 3 is 2.22 bits per heavy atom. The van der Waals surface area contributed by atoms with E-state index in [1.54, 1.807) is 0 Å². The Bertz CT molecular complexity index is 335. The van der Waals surface area contributed by atoms with Crippen LogP contribution in [0, 0.1) is 35.5 Å². The fraction of sp³-hybridized carbons (Fsp3) is 1.00. The normalized spacial score (nSPS) is 39.7. The molecule has 2 aliphatic rings. The molecule has 0 amide bonds. The van der Waals surface area contributed by atoms with Crippen LogP contribution in [0.1, 0.15) is 85.5 Å². The van der Waals surface area contributed by atoms with E-state index in [0.717, 1.165) is 25.2 Å². The fourth-order valence-electron chi connectivity index (χ4n) is 4.95. The SMILES string of the molecule is CCC(C)CC(F)C(C)C1CCC(C2CCC(C)CC2)C(F)C1. The van der Waals surface area contributed by atoms with Crippen LogP contribution < -0.4 is 0 Å². The molecule has 0 aromatic rings. The second-order valence-electron chi connectivity index (χ2n) is 8.90. The van der Waals surface area contributed by atoms with E-state index in [0.29, 0.717) is 24.7 Å². The molecule has 2 aliphatic carbocycles. The van der Waals surface area contributed by atoms with Crippen LogP contribution in [0.2, 0.25) is 0 Å². The summed E-state index contributed by atoms with van der Waals surface area (Å²) in [5, 5.41) is 0. The summed E-state index contributed by atoms with van der Waals surface area (Å²) in [5.74, 6) is 2.40. The van der Waals surface area contributed by atoms with E-state index in [1.807, 2.05) is 6.92 Å². The van der Waals surface area contributed by atoms with Crippen molar-refractivity contribution >= 4 is 0 Å². The van der Waals surface area contributed by atoms with Gasteiger partial charge in [-0.3, -0.25) is 0 Å². The van der Waals surface area contributed by atoms with E-state index in [9.17, 15) is 8.78 Å². The summed E-state index contributed by atoms with van der Waals surface area (Å²) in [7, 11) is 0. The number of rotatable bonds is 6. The van der Waals surface area contributed by atoms with Gasteiger partial charge >= 0.3 is 0 Å². The highest BCUT2D eigenvalue weighted by Crippen LogP contribution is 2.45. The molecule has 6 unspecified atom stereocenters. The summed E-state index contributed by atoms with van der Waals surface area (Å²) in [4.78, 5) is 0. The van der Waals surface area contributed by atoms with Gasteiger partial charge in [0.25, 0.3) is 0 Å². The molecule has 23 heavy (non-hydrogen) atoms. The molecule has 2 heteroatoms. The first kappa shape index (κ1) is 19.2. The maximum Gasteiger partial charge on any atom is 0.103 e. The van der Waals surface area contributed by atoms with Crippen molar-refractivity contribution < 1.29 is 8.78 Å². The van der Waals surface area contributed by atoms with Gasteiger partial charge in [0.1, 0.15) is 12.3 Å². The van der Waals surface area contributed by atoms with Gasteiger partial charge in [-0.1, -0.05) is 47.0 Å². The van der Waals surface area contributed by atoms with E-state index in [-0.39, 0.29) is 17.8 Å². The van der Waals surface area contributed by atoms with Crippen LogP contribution in [0.3, 0.4) is 0 Å². The molecule has 0 saturated heterocycles. The smallest absolute Gasteiger partial charge is 0.103 e. The van der Waals surface area contributed by atoms with E-state index >= 15 is 0 Å². The molecule has 0 aromatic heterocycles. The number of halogens is 2. The minimum absolute atomic E-state index is 0.0228. The van der Waals surface area contributed by atoms with E-state index in [1.165, 1.54) is 25.7 Å². The lowest BCUT2D eigenvalue weighted by Crippen LogP contribution is -2.37. The Morgan fingerprint density at radius 2 is 1.65 bits per heavy atom. The van der Waals surface area contributed by atoms with Crippen LogP contribution in [0.15, 0.2) is 0 Å². The highest BCUT2D eigenvalue weighted by molar-refractivity contribution is 4.89. The monoisotopic (exact) mass is 328 g/mol. The zero-order chi connectivity index (χ0) is 17.0. The van der Waals surface area contributed by atoms with Crippen molar-refractivity contribution in [1.82, 2.24) is 0 Å². The summed E-state index contributed by atoms with van der Waals surface area (Å²) in [6.45, 7) is 8.58. The first-order valence-corrected chi connectivity index (χ1v) is 10.2. The van der Waals surface area contributed by atoms with Gasteiger partial charge < -0.3 is 0 Å². The van der Waals surface area contributed by atoms with Crippen LogP contribution in [0.4, 0.5) is 8.78 Å². The predicted molar refractivity (Wildman–Crippen MR) is 95.0 cm³/mol. The molecule has 2 saturated carbocycles. The topological polar surface area (TPSA) is 0 Å². The van der Waals surface area contributed by atoms with Gasteiger partial charge in [-0.15, -0.1) is 0 Å². The quantitative estimate of drug-likeness (QED) is 0.493. The molecule has 0 spiro atoms. The minimum atomic E-state index is -0.755. The van der Waals surface area contributed by atoms with Crippen LogP contribution in [0.25, 0.3) is 0 Å². The van der Waals surface area contributed by atoms with Crippen molar-refractivity contribution in [3.05, 3.63) is 0 Å². The van der Waals surface area contributed by atoms with Gasteiger partial charge in [-0.2, -0.15) is 0 Å². The third kappa shape index (κ3) is 5.16. The molecule has 0 aromatic carbocycles. The van der Waals surface area contributed by atoms with Crippen molar-refractivity contribution in [2.45, 2.75) is 97.8 Å². The average Bonchev–Trinajstić information content (AvgIpc) is 2.54. The zero-order valence-electron chi connectivity index (χ0n) is 15.7. The predicted octanol–water partition coefficient (Wildman–Crippen LogP) is 6.98. The highest BCUT2D eigenvalue weighted by atomic mass is 19.1. The van der Waals surface area contributed by atoms with Gasteiger partial charge in [-0.05, 0) is 74.0 Å². The Morgan fingerprint density at radius 1 is 1.00 bits per heavy atom. The first-order chi connectivity index (χ1) is 10.9. The molecule has 0 radical (unpaired) electrons. The lowest BCUT2D eigenvalue weighted by Gasteiger charge is -2.41. The molecular formula is C21H38F2. The number of hydrogen-bond acceptors (Lipinski definition) is 0. The Labute approximate surface area is 142 Å². The first-order valence-electron chi connectivity index (χ1n) is 10.2. The number of hydrogen-bond donors (Lipinski definition) is 0. The summed E-state index contributed by atoms with van der Waals surface area (Å²) < 4.78 is 29.3. The van der Waals surface area contributed by atoms with Gasteiger partial charge in [0.2, 0.25) is 0 Å². The lowest BCUT2D eigenvalue weighted by atomic mass is 9.66. The van der Waals surface area contributed by atoms with Gasteiger partial charge in [0.15, 0.2) is 0 Å². The molecular weight excluding hydrogens is 290 g/mol. The molecule has 0 heterocycles.